The average Bonchev–Trinajstić information content (AvgIpc) is 3.35. The molecule has 2 heterocycles. The zero-order chi connectivity index (χ0) is 18.6. The van der Waals surface area contributed by atoms with Gasteiger partial charge in [0.05, 0.1) is 18.6 Å². The van der Waals surface area contributed by atoms with E-state index in [1.165, 1.54) is 23.1 Å². The van der Waals surface area contributed by atoms with Crippen molar-refractivity contribution in [1.29, 1.82) is 0 Å². The molecule has 0 saturated carbocycles. The summed E-state index contributed by atoms with van der Waals surface area (Å²) >= 11 is 2.85. The third-order valence-corrected chi connectivity index (χ3v) is 5.62. The molecule has 4 rings (SSSR count). The number of nitrogens with zero attached hydrogens (tertiary/aromatic N) is 1. The summed E-state index contributed by atoms with van der Waals surface area (Å²) in [4.78, 5) is 17.7. The number of ether oxygens (including phenoxy) is 3. The van der Waals surface area contributed by atoms with Gasteiger partial charge >= 0.3 is 0 Å². The van der Waals surface area contributed by atoms with Gasteiger partial charge < -0.3 is 19.5 Å². The molecule has 0 atom stereocenters. The summed E-state index contributed by atoms with van der Waals surface area (Å²) in [5, 5.41) is 5.32. The van der Waals surface area contributed by atoms with Crippen LogP contribution in [0.3, 0.4) is 0 Å². The van der Waals surface area contributed by atoms with Crippen LogP contribution in [0.4, 0.5) is 5.13 Å². The Bertz CT molecular complexity index is 957. The number of carbonyl (C=O) groups excluding carboxylic acids is 1. The molecule has 138 valence electrons. The van der Waals surface area contributed by atoms with Crippen LogP contribution in [-0.2, 0) is 4.79 Å². The second kappa shape index (κ2) is 7.89. The van der Waals surface area contributed by atoms with Gasteiger partial charge in [0, 0.05) is 15.8 Å². The monoisotopic (exact) mass is 400 g/mol. The van der Waals surface area contributed by atoms with E-state index in [1.807, 2.05) is 47.8 Å². The number of hydrogen-bond acceptors (Lipinski definition) is 7. The van der Waals surface area contributed by atoms with Gasteiger partial charge in [0.1, 0.15) is 5.75 Å². The summed E-state index contributed by atoms with van der Waals surface area (Å²) in [6, 6.07) is 13.3. The molecule has 0 fully saturated rings. The van der Waals surface area contributed by atoms with Crippen LogP contribution in [0.25, 0.3) is 11.3 Å². The van der Waals surface area contributed by atoms with Crippen molar-refractivity contribution in [3.8, 4) is 28.5 Å². The predicted molar refractivity (Wildman–Crippen MR) is 106 cm³/mol. The van der Waals surface area contributed by atoms with Crippen molar-refractivity contribution >= 4 is 34.1 Å². The van der Waals surface area contributed by atoms with Crippen LogP contribution in [0.1, 0.15) is 0 Å². The smallest absolute Gasteiger partial charge is 0.236 e. The quantitative estimate of drug-likeness (QED) is 0.623. The Labute approximate surface area is 164 Å². The van der Waals surface area contributed by atoms with Gasteiger partial charge in [-0.3, -0.25) is 4.79 Å². The number of benzene rings is 2. The summed E-state index contributed by atoms with van der Waals surface area (Å²) in [6.45, 7) is 0.239. The zero-order valence-electron chi connectivity index (χ0n) is 14.4. The molecule has 1 aliphatic rings. The molecular weight excluding hydrogens is 384 g/mol. The van der Waals surface area contributed by atoms with Crippen molar-refractivity contribution in [2.24, 2.45) is 0 Å². The molecule has 27 heavy (non-hydrogen) atoms. The minimum atomic E-state index is -0.0950. The summed E-state index contributed by atoms with van der Waals surface area (Å²) in [7, 11) is 1.63. The van der Waals surface area contributed by atoms with Gasteiger partial charge in [-0.1, -0.05) is 0 Å². The summed E-state index contributed by atoms with van der Waals surface area (Å²) in [6.07, 6.45) is 0. The fourth-order valence-corrected chi connectivity index (χ4v) is 3.93. The van der Waals surface area contributed by atoms with Crippen LogP contribution < -0.4 is 19.5 Å². The van der Waals surface area contributed by atoms with Gasteiger partial charge in [-0.05, 0) is 42.5 Å². The van der Waals surface area contributed by atoms with Crippen molar-refractivity contribution in [2.45, 2.75) is 4.90 Å². The molecule has 0 saturated heterocycles. The molecular formula is C19H16N2O4S2. The second-order valence-electron chi connectivity index (χ2n) is 5.62. The van der Waals surface area contributed by atoms with Crippen molar-refractivity contribution in [2.75, 3.05) is 25.0 Å². The minimum absolute atomic E-state index is 0.0950. The first-order chi connectivity index (χ1) is 13.2. The molecule has 1 aromatic heterocycles. The van der Waals surface area contributed by atoms with E-state index in [-0.39, 0.29) is 12.7 Å². The molecule has 0 spiro atoms. The first-order valence-corrected chi connectivity index (χ1v) is 10.00. The first kappa shape index (κ1) is 17.7. The average molecular weight is 400 g/mol. The zero-order valence-corrected chi connectivity index (χ0v) is 16.1. The van der Waals surface area contributed by atoms with Crippen molar-refractivity contribution < 1.29 is 19.0 Å². The largest absolute Gasteiger partial charge is 0.497 e. The van der Waals surface area contributed by atoms with E-state index in [4.69, 9.17) is 14.2 Å². The lowest BCUT2D eigenvalue weighted by Crippen LogP contribution is -2.13. The molecule has 3 aromatic rings. The fraction of sp³-hybridized carbons (Fsp3) is 0.158. The predicted octanol–water partition coefficient (Wildman–Crippen LogP) is 4.28. The third-order valence-electron chi connectivity index (χ3n) is 3.85. The fourth-order valence-electron chi connectivity index (χ4n) is 2.50. The van der Waals surface area contributed by atoms with Gasteiger partial charge in [-0.15, -0.1) is 23.1 Å². The van der Waals surface area contributed by atoms with Gasteiger partial charge in [0.15, 0.2) is 16.6 Å². The number of hydrogen-bond donors (Lipinski definition) is 1. The van der Waals surface area contributed by atoms with Gasteiger partial charge in [-0.2, -0.15) is 0 Å². The molecule has 0 bridgehead atoms. The number of thiazole rings is 1. The molecule has 0 unspecified atom stereocenters. The molecule has 1 amide bonds. The van der Waals surface area contributed by atoms with Crippen LogP contribution in [0.2, 0.25) is 0 Å². The number of nitrogens with one attached hydrogen (secondary N) is 1. The maximum atomic E-state index is 12.2. The highest BCUT2D eigenvalue weighted by Gasteiger charge is 2.15. The topological polar surface area (TPSA) is 69.7 Å². The highest BCUT2D eigenvalue weighted by molar-refractivity contribution is 8.00. The van der Waals surface area contributed by atoms with Gasteiger partial charge in [0.25, 0.3) is 0 Å². The maximum Gasteiger partial charge on any atom is 0.236 e. The van der Waals surface area contributed by atoms with Crippen molar-refractivity contribution in [1.82, 2.24) is 4.98 Å². The summed E-state index contributed by atoms with van der Waals surface area (Å²) < 4.78 is 15.8. The number of aromatic nitrogens is 1. The van der Waals surface area contributed by atoms with E-state index in [2.05, 4.69) is 10.3 Å². The lowest BCUT2D eigenvalue weighted by molar-refractivity contribution is -0.113. The standard InChI is InChI=1S/C19H16N2O4S2/c1-23-13-3-5-14(6-4-13)26-10-18(22)21-19-20-15(9-27-19)12-2-7-16-17(8-12)25-11-24-16/h2-9H,10-11H2,1H3,(H,20,21,22). The van der Waals surface area contributed by atoms with Crippen LogP contribution in [-0.4, -0.2) is 30.5 Å². The molecule has 2 aromatic carbocycles. The lowest BCUT2D eigenvalue weighted by atomic mass is 10.1. The molecule has 0 aliphatic carbocycles. The molecule has 1 N–H and O–H groups in total. The number of fused-ring (bicyclic) bond motifs is 1. The Morgan fingerprint density at radius 1 is 1.22 bits per heavy atom. The van der Waals surface area contributed by atoms with Crippen LogP contribution in [0, 0.1) is 0 Å². The second-order valence-corrected chi connectivity index (χ2v) is 7.53. The Morgan fingerprint density at radius 2 is 2.04 bits per heavy atom. The van der Waals surface area contributed by atoms with Crippen molar-refractivity contribution in [3.63, 3.8) is 0 Å². The van der Waals surface area contributed by atoms with Gasteiger partial charge in [-0.25, -0.2) is 4.98 Å². The van der Waals surface area contributed by atoms with Crippen molar-refractivity contribution in [3.05, 3.63) is 47.8 Å². The van der Waals surface area contributed by atoms with E-state index in [1.54, 1.807) is 7.11 Å². The van der Waals surface area contributed by atoms with E-state index >= 15 is 0 Å². The number of methoxy groups -OCH3 is 1. The van der Waals surface area contributed by atoms with Crippen LogP contribution >= 0.6 is 23.1 Å². The number of rotatable bonds is 6. The van der Waals surface area contributed by atoms with Gasteiger partial charge in [0.2, 0.25) is 12.7 Å². The molecule has 6 nitrogen and oxygen atoms in total. The SMILES string of the molecule is COc1ccc(SCC(=O)Nc2nc(-c3ccc4c(c3)OCO4)cs2)cc1. The third kappa shape index (κ3) is 4.17. The molecule has 0 radical (unpaired) electrons. The number of amides is 1. The van der Waals surface area contributed by atoms with Crippen LogP contribution in [0.15, 0.2) is 52.7 Å². The van der Waals surface area contributed by atoms with Crippen LogP contribution in [0.5, 0.6) is 17.2 Å². The number of thioether (sulfide) groups is 1. The highest BCUT2D eigenvalue weighted by Crippen LogP contribution is 2.36. The normalized spacial score (nSPS) is 12.0. The van der Waals surface area contributed by atoms with E-state index in [9.17, 15) is 4.79 Å². The van der Waals surface area contributed by atoms with E-state index in [0.29, 0.717) is 16.6 Å². The molecule has 1 aliphatic heterocycles. The Morgan fingerprint density at radius 3 is 2.85 bits per heavy atom. The highest BCUT2D eigenvalue weighted by atomic mass is 32.2. The maximum absolute atomic E-state index is 12.2. The lowest BCUT2D eigenvalue weighted by Gasteiger charge is -2.04. The summed E-state index contributed by atoms with van der Waals surface area (Å²) in [5.74, 6) is 2.45. The molecule has 8 heteroatoms. The Hall–Kier alpha value is -2.71. The minimum Gasteiger partial charge on any atom is -0.497 e. The van der Waals surface area contributed by atoms with E-state index in [0.717, 1.165) is 27.7 Å². The first-order valence-electron chi connectivity index (χ1n) is 8.13. The van der Waals surface area contributed by atoms with E-state index < -0.39 is 0 Å². The Kier molecular flexibility index (Phi) is 5.17. The summed E-state index contributed by atoms with van der Waals surface area (Å²) in [5.41, 5.74) is 1.71. The number of carbonyl (C=O) groups is 1. The number of anilines is 1. The Balaban J connectivity index is 1.35.